The Morgan fingerprint density at radius 2 is 2.27 bits per heavy atom. The minimum absolute atomic E-state index is 0.0223. The highest BCUT2D eigenvalue weighted by molar-refractivity contribution is 5.94. The highest BCUT2D eigenvalue weighted by Crippen LogP contribution is 2.25. The predicted molar refractivity (Wildman–Crippen MR) is 79.9 cm³/mol. The number of hydrogen-bond acceptors (Lipinski definition) is 4. The number of aliphatic hydroxyl groups is 1. The SMILES string of the molecule is CNC(=O)CC1(O)CCCN(C(=O)c2cccc(C#N)c2)C1. The Bertz CT molecular complexity index is 623. The third kappa shape index (κ3) is 3.62. The van der Waals surface area contributed by atoms with Crippen LogP contribution in [0.2, 0.25) is 0 Å². The molecular formula is C16H19N3O3. The molecule has 1 saturated heterocycles. The molecule has 0 aromatic heterocycles. The van der Waals surface area contributed by atoms with Crippen LogP contribution in [0.15, 0.2) is 24.3 Å². The molecule has 2 rings (SSSR count). The van der Waals surface area contributed by atoms with Crippen LogP contribution in [0.1, 0.15) is 35.2 Å². The number of rotatable bonds is 3. The van der Waals surface area contributed by atoms with Crippen LogP contribution in [0.4, 0.5) is 0 Å². The van der Waals surface area contributed by atoms with Crippen LogP contribution in [0, 0.1) is 11.3 Å². The molecular weight excluding hydrogens is 282 g/mol. The predicted octanol–water partition coefficient (Wildman–Crippen LogP) is 0.661. The van der Waals surface area contributed by atoms with Gasteiger partial charge in [0.25, 0.3) is 5.91 Å². The lowest BCUT2D eigenvalue weighted by Gasteiger charge is -2.38. The minimum Gasteiger partial charge on any atom is -0.388 e. The van der Waals surface area contributed by atoms with E-state index in [0.717, 1.165) is 0 Å². The average Bonchev–Trinajstić information content (AvgIpc) is 2.53. The van der Waals surface area contributed by atoms with E-state index in [-0.39, 0.29) is 24.8 Å². The second-order valence-electron chi connectivity index (χ2n) is 5.60. The van der Waals surface area contributed by atoms with Crippen molar-refractivity contribution in [3.8, 4) is 6.07 Å². The van der Waals surface area contributed by atoms with Crippen molar-refractivity contribution in [2.75, 3.05) is 20.1 Å². The van der Waals surface area contributed by atoms with Gasteiger partial charge < -0.3 is 15.3 Å². The summed E-state index contributed by atoms with van der Waals surface area (Å²) in [5.41, 5.74) is -0.354. The van der Waals surface area contributed by atoms with Crippen molar-refractivity contribution in [2.45, 2.75) is 24.9 Å². The first-order valence-corrected chi connectivity index (χ1v) is 7.20. The maximum Gasteiger partial charge on any atom is 0.253 e. The maximum atomic E-state index is 12.5. The number of nitrogens with zero attached hydrogens (tertiary/aromatic N) is 2. The summed E-state index contributed by atoms with van der Waals surface area (Å²) in [6.07, 6.45) is 1.10. The molecule has 1 aromatic rings. The molecule has 1 aromatic carbocycles. The molecule has 0 radical (unpaired) electrons. The third-order valence-electron chi connectivity index (χ3n) is 3.85. The molecule has 2 N–H and O–H groups in total. The Morgan fingerprint density at radius 3 is 2.95 bits per heavy atom. The Balaban J connectivity index is 2.13. The number of nitrogens with one attached hydrogen (secondary N) is 1. The van der Waals surface area contributed by atoms with Gasteiger partial charge in [0.1, 0.15) is 0 Å². The molecule has 1 aliphatic heterocycles. The van der Waals surface area contributed by atoms with Gasteiger partial charge in [0.15, 0.2) is 0 Å². The average molecular weight is 301 g/mol. The molecule has 0 saturated carbocycles. The van der Waals surface area contributed by atoms with Gasteiger partial charge in [-0.3, -0.25) is 9.59 Å². The fraction of sp³-hybridized carbons (Fsp3) is 0.438. The quantitative estimate of drug-likeness (QED) is 0.857. The molecule has 6 heteroatoms. The third-order valence-corrected chi connectivity index (χ3v) is 3.85. The Labute approximate surface area is 129 Å². The summed E-state index contributed by atoms with van der Waals surface area (Å²) in [6, 6.07) is 8.48. The van der Waals surface area contributed by atoms with Crippen molar-refractivity contribution in [3.05, 3.63) is 35.4 Å². The van der Waals surface area contributed by atoms with Crippen LogP contribution in [-0.2, 0) is 4.79 Å². The maximum absolute atomic E-state index is 12.5. The van der Waals surface area contributed by atoms with Crippen LogP contribution in [0.25, 0.3) is 0 Å². The molecule has 116 valence electrons. The van der Waals surface area contributed by atoms with E-state index < -0.39 is 5.60 Å². The molecule has 1 atom stereocenters. The molecule has 1 heterocycles. The number of nitriles is 1. The first-order valence-electron chi connectivity index (χ1n) is 7.20. The summed E-state index contributed by atoms with van der Waals surface area (Å²) in [5.74, 6) is -0.476. The number of benzene rings is 1. The smallest absolute Gasteiger partial charge is 0.253 e. The van der Waals surface area contributed by atoms with Gasteiger partial charge in [-0.15, -0.1) is 0 Å². The zero-order valence-corrected chi connectivity index (χ0v) is 12.5. The van der Waals surface area contributed by atoms with E-state index in [0.29, 0.717) is 30.5 Å². The van der Waals surface area contributed by atoms with Crippen molar-refractivity contribution in [2.24, 2.45) is 0 Å². The number of carbonyl (C=O) groups excluding carboxylic acids is 2. The molecule has 0 spiro atoms. The van der Waals surface area contributed by atoms with E-state index in [1.165, 1.54) is 13.1 Å². The number of β-amino-alcohol motifs (C(OH)–C–C–N with tert-alkyl or cyclic N) is 1. The van der Waals surface area contributed by atoms with Gasteiger partial charge in [-0.05, 0) is 31.0 Å². The standard InChI is InChI=1S/C16H19N3O3/c1-18-14(20)9-16(22)6-3-7-19(11-16)15(21)13-5-2-4-12(8-13)10-17/h2,4-5,8,22H,3,6-7,9,11H2,1H3,(H,18,20). The molecule has 6 nitrogen and oxygen atoms in total. The summed E-state index contributed by atoms with van der Waals surface area (Å²) < 4.78 is 0. The van der Waals surface area contributed by atoms with Crippen LogP contribution in [-0.4, -0.2) is 47.6 Å². The number of amides is 2. The monoisotopic (exact) mass is 301 g/mol. The second-order valence-corrected chi connectivity index (χ2v) is 5.60. The number of carbonyl (C=O) groups is 2. The van der Waals surface area contributed by atoms with Crippen molar-refractivity contribution >= 4 is 11.8 Å². The number of hydrogen-bond donors (Lipinski definition) is 2. The van der Waals surface area contributed by atoms with Crippen LogP contribution >= 0.6 is 0 Å². The summed E-state index contributed by atoms with van der Waals surface area (Å²) >= 11 is 0. The second kappa shape index (κ2) is 6.58. The Hall–Kier alpha value is -2.39. The zero-order chi connectivity index (χ0) is 16.2. The summed E-state index contributed by atoms with van der Waals surface area (Å²) in [6.45, 7) is 0.654. The lowest BCUT2D eigenvalue weighted by molar-refractivity contribution is -0.127. The first kappa shape index (κ1) is 16.0. The summed E-state index contributed by atoms with van der Waals surface area (Å²) in [4.78, 5) is 25.6. The lowest BCUT2D eigenvalue weighted by atomic mass is 9.89. The van der Waals surface area contributed by atoms with Crippen LogP contribution in [0.5, 0.6) is 0 Å². The molecule has 1 unspecified atom stereocenters. The molecule has 1 fully saturated rings. The fourth-order valence-electron chi connectivity index (χ4n) is 2.72. The van der Waals surface area contributed by atoms with E-state index in [1.54, 1.807) is 23.1 Å². The fourth-order valence-corrected chi connectivity index (χ4v) is 2.72. The number of likely N-dealkylation sites (tertiary alicyclic amines) is 1. The van der Waals surface area contributed by atoms with Gasteiger partial charge in [0.2, 0.25) is 5.91 Å². The highest BCUT2D eigenvalue weighted by atomic mass is 16.3. The van der Waals surface area contributed by atoms with Crippen molar-refractivity contribution in [3.63, 3.8) is 0 Å². The van der Waals surface area contributed by atoms with Gasteiger partial charge >= 0.3 is 0 Å². The highest BCUT2D eigenvalue weighted by Gasteiger charge is 2.37. The first-order chi connectivity index (χ1) is 10.5. The molecule has 2 amide bonds. The zero-order valence-electron chi connectivity index (χ0n) is 12.5. The summed E-state index contributed by atoms with van der Waals surface area (Å²) in [5, 5.41) is 21.9. The van der Waals surface area contributed by atoms with E-state index in [1.807, 2.05) is 6.07 Å². The normalized spacial score (nSPS) is 21.0. The number of piperidine rings is 1. The Kier molecular flexibility index (Phi) is 4.78. The van der Waals surface area contributed by atoms with Gasteiger partial charge in [-0.1, -0.05) is 6.07 Å². The molecule has 1 aliphatic rings. The van der Waals surface area contributed by atoms with E-state index in [2.05, 4.69) is 5.32 Å². The van der Waals surface area contributed by atoms with E-state index >= 15 is 0 Å². The van der Waals surface area contributed by atoms with Crippen molar-refractivity contribution in [1.29, 1.82) is 5.26 Å². The largest absolute Gasteiger partial charge is 0.388 e. The van der Waals surface area contributed by atoms with Gasteiger partial charge in [0.05, 0.1) is 30.2 Å². The topological polar surface area (TPSA) is 93.4 Å². The van der Waals surface area contributed by atoms with Gasteiger partial charge in [0, 0.05) is 19.2 Å². The van der Waals surface area contributed by atoms with E-state index in [4.69, 9.17) is 5.26 Å². The van der Waals surface area contributed by atoms with E-state index in [9.17, 15) is 14.7 Å². The Morgan fingerprint density at radius 1 is 1.50 bits per heavy atom. The molecule has 0 aliphatic carbocycles. The van der Waals surface area contributed by atoms with Crippen molar-refractivity contribution < 1.29 is 14.7 Å². The van der Waals surface area contributed by atoms with Gasteiger partial charge in [-0.2, -0.15) is 5.26 Å². The molecule has 22 heavy (non-hydrogen) atoms. The van der Waals surface area contributed by atoms with Crippen LogP contribution < -0.4 is 5.32 Å². The van der Waals surface area contributed by atoms with Crippen LogP contribution in [0.3, 0.4) is 0 Å². The van der Waals surface area contributed by atoms with Gasteiger partial charge in [-0.25, -0.2) is 0 Å². The lowest BCUT2D eigenvalue weighted by Crippen LogP contribution is -2.52. The molecule has 0 bridgehead atoms. The minimum atomic E-state index is -1.19. The van der Waals surface area contributed by atoms with Crippen molar-refractivity contribution in [1.82, 2.24) is 10.2 Å². The summed E-state index contributed by atoms with van der Waals surface area (Å²) in [7, 11) is 1.52.